The van der Waals surface area contributed by atoms with E-state index in [1.807, 2.05) is 0 Å². The Labute approximate surface area is 115 Å². The van der Waals surface area contributed by atoms with Crippen molar-refractivity contribution in [2.24, 2.45) is 11.1 Å². The molecule has 0 aliphatic heterocycles. The summed E-state index contributed by atoms with van der Waals surface area (Å²) in [5.74, 6) is 1.35. The Balaban J connectivity index is 1.91. The number of hydrogen-bond donors (Lipinski definition) is 2. The predicted molar refractivity (Wildman–Crippen MR) is 76.3 cm³/mol. The molecule has 1 saturated carbocycles. The van der Waals surface area contributed by atoms with Gasteiger partial charge in [0, 0.05) is 6.54 Å². The predicted octanol–water partition coefficient (Wildman–Crippen LogP) is 2.20. The van der Waals surface area contributed by atoms with Crippen LogP contribution in [0.5, 0.6) is 5.88 Å². The first kappa shape index (κ1) is 14.1. The summed E-state index contributed by atoms with van der Waals surface area (Å²) in [5.41, 5.74) is 6.17. The smallest absolute Gasteiger partial charge is 0.234 e. The van der Waals surface area contributed by atoms with Gasteiger partial charge in [-0.3, -0.25) is 4.98 Å². The van der Waals surface area contributed by atoms with Crippen molar-refractivity contribution >= 4 is 5.82 Å². The first-order valence-electron chi connectivity index (χ1n) is 7.17. The van der Waals surface area contributed by atoms with Gasteiger partial charge in [-0.05, 0) is 31.2 Å². The molecular weight excluding hydrogens is 240 g/mol. The van der Waals surface area contributed by atoms with Gasteiger partial charge in [0.1, 0.15) is 5.82 Å². The molecule has 0 spiro atoms. The van der Waals surface area contributed by atoms with Gasteiger partial charge in [0.15, 0.2) is 0 Å². The summed E-state index contributed by atoms with van der Waals surface area (Å²) in [5, 5.41) is 3.36. The Kier molecular flexibility index (Phi) is 4.96. The van der Waals surface area contributed by atoms with E-state index in [9.17, 15) is 0 Å². The van der Waals surface area contributed by atoms with E-state index in [2.05, 4.69) is 22.2 Å². The maximum atomic E-state index is 5.93. The number of ether oxygens (including phenoxy) is 1. The van der Waals surface area contributed by atoms with Crippen LogP contribution in [0.3, 0.4) is 0 Å². The lowest BCUT2D eigenvalue weighted by molar-refractivity contribution is 0.303. The van der Waals surface area contributed by atoms with Gasteiger partial charge in [-0.1, -0.05) is 19.8 Å². The maximum Gasteiger partial charge on any atom is 0.234 e. The van der Waals surface area contributed by atoms with Crippen molar-refractivity contribution in [1.29, 1.82) is 0 Å². The molecular formula is C14H24N4O. The molecule has 1 heterocycles. The molecule has 1 fully saturated rings. The standard InChI is InChI=1S/C14H24N4O/c1-2-7-19-13-9-16-8-12(18-13)17-11-14(10-15)5-3-4-6-14/h8-9H,2-7,10-11,15H2,1H3,(H,17,18). The third-order valence-electron chi connectivity index (χ3n) is 3.81. The maximum absolute atomic E-state index is 5.93. The molecule has 0 atom stereocenters. The van der Waals surface area contributed by atoms with Crippen LogP contribution in [0.15, 0.2) is 12.4 Å². The molecule has 1 aliphatic rings. The molecule has 1 aromatic heterocycles. The first-order chi connectivity index (χ1) is 9.28. The number of hydrogen-bond acceptors (Lipinski definition) is 5. The molecule has 19 heavy (non-hydrogen) atoms. The average molecular weight is 264 g/mol. The number of anilines is 1. The Morgan fingerprint density at radius 2 is 2.16 bits per heavy atom. The van der Waals surface area contributed by atoms with Gasteiger partial charge in [0.05, 0.1) is 19.0 Å². The van der Waals surface area contributed by atoms with Gasteiger partial charge >= 0.3 is 0 Å². The summed E-state index contributed by atoms with van der Waals surface area (Å²) in [6.45, 7) is 4.35. The molecule has 1 aromatic rings. The van der Waals surface area contributed by atoms with Crippen molar-refractivity contribution in [2.75, 3.05) is 25.0 Å². The lowest BCUT2D eigenvalue weighted by Crippen LogP contribution is -2.34. The van der Waals surface area contributed by atoms with E-state index in [4.69, 9.17) is 10.5 Å². The SMILES string of the molecule is CCCOc1cncc(NCC2(CN)CCCC2)n1. The summed E-state index contributed by atoms with van der Waals surface area (Å²) in [7, 11) is 0. The normalized spacial score (nSPS) is 17.4. The molecule has 0 aromatic carbocycles. The summed E-state index contributed by atoms with van der Waals surface area (Å²) < 4.78 is 5.48. The lowest BCUT2D eigenvalue weighted by Gasteiger charge is -2.27. The van der Waals surface area contributed by atoms with Crippen molar-refractivity contribution in [2.45, 2.75) is 39.0 Å². The number of nitrogens with zero attached hydrogens (tertiary/aromatic N) is 2. The summed E-state index contributed by atoms with van der Waals surface area (Å²) in [6, 6.07) is 0. The van der Waals surface area contributed by atoms with Crippen LogP contribution in [-0.4, -0.2) is 29.7 Å². The quantitative estimate of drug-likeness (QED) is 0.790. The Morgan fingerprint density at radius 1 is 1.37 bits per heavy atom. The van der Waals surface area contributed by atoms with Crippen LogP contribution < -0.4 is 15.8 Å². The Hall–Kier alpha value is -1.36. The molecule has 0 amide bonds. The molecule has 0 unspecified atom stereocenters. The minimum Gasteiger partial charge on any atom is -0.477 e. The van der Waals surface area contributed by atoms with E-state index in [-0.39, 0.29) is 5.41 Å². The molecule has 3 N–H and O–H groups in total. The topological polar surface area (TPSA) is 73.1 Å². The fourth-order valence-corrected chi connectivity index (χ4v) is 2.57. The number of nitrogens with two attached hydrogens (primary N) is 1. The van der Waals surface area contributed by atoms with Crippen LogP contribution in [0.2, 0.25) is 0 Å². The van der Waals surface area contributed by atoms with Crippen molar-refractivity contribution < 1.29 is 4.74 Å². The highest BCUT2D eigenvalue weighted by atomic mass is 16.5. The van der Waals surface area contributed by atoms with Crippen molar-refractivity contribution in [1.82, 2.24) is 9.97 Å². The zero-order chi connectivity index (χ0) is 13.6. The first-order valence-corrected chi connectivity index (χ1v) is 7.17. The largest absolute Gasteiger partial charge is 0.477 e. The fourth-order valence-electron chi connectivity index (χ4n) is 2.57. The lowest BCUT2D eigenvalue weighted by atomic mass is 9.86. The van der Waals surface area contributed by atoms with Crippen LogP contribution in [0.25, 0.3) is 0 Å². The third kappa shape index (κ3) is 3.80. The highest BCUT2D eigenvalue weighted by Gasteiger charge is 2.32. The second kappa shape index (κ2) is 6.70. The van der Waals surface area contributed by atoms with Crippen LogP contribution in [-0.2, 0) is 0 Å². The van der Waals surface area contributed by atoms with Crippen LogP contribution in [0.4, 0.5) is 5.82 Å². The van der Waals surface area contributed by atoms with Crippen LogP contribution >= 0.6 is 0 Å². The Morgan fingerprint density at radius 3 is 2.84 bits per heavy atom. The van der Waals surface area contributed by atoms with Crippen LogP contribution in [0, 0.1) is 5.41 Å². The van der Waals surface area contributed by atoms with Gasteiger partial charge in [-0.2, -0.15) is 4.98 Å². The van der Waals surface area contributed by atoms with Gasteiger partial charge in [0.2, 0.25) is 5.88 Å². The average Bonchev–Trinajstić information content (AvgIpc) is 2.93. The van der Waals surface area contributed by atoms with E-state index in [1.54, 1.807) is 12.4 Å². The fraction of sp³-hybridized carbons (Fsp3) is 0.714. The molecule has 0 bridgehead atoms. The molecule has 1 aliphatic carbocycles. The van der Waals surface area contributed by atoms with Gasteiger partial charge in [-0.15, -0.1) is 0 Å². The molecule has 0 saturated heterocycles. The second-order valence-electron chi connectivity index (χ2n) is 5.36. The van der Waals surface area contributed by atoms with Crippen LogP contribution in [0.1, 0.15) is 39.0 Å². The van der Waals surface area contributed by atoms with E-state index in [0.29, 0.717) is 12.5 Å². The van der Waals surface area contributed by atoms with Crippen molar-refractivity contribution in [3.05, 3.63) is 12.4 Å². The van der Waals surface area contributed by atoms with Gasteiger partial charge in [-0.25, -0.2) is 0 Å². The van der Waals surface area contributed by atoms with Gasteiger partial charge in [0.25, 0.3) is 0 Å². The van der Waals surface area contributed by atoms with Crippen molar-refractivity contribution in [3.8, 4) is 5.88 Å². The molecule has 0 radical (unpaired) electrons. The molecule has 2 rings (SSSR count). The highest BCUT2D eigenvalue weighted by Crippen LogP contribution is 2.37. The van der Waals surface area contributed by atoms with E-state index >= 15 is 0 Å². The second-order valence-corrected chi connectivity index (χ2v) is 5.36. The van der Waals surface area contributed by atoms with E-state index in [0.717, 1.165) is 25.3 Å². The number of nitrogens with one attached hydrogen (secondary N) is 1. The van der Waals surface area contributed by atoms with Gasteiger partial charge < -0.3 is 15.8 Å². The van der Waals surface area contributed by atoms with Crippen molar-refractivity contribution in [3.63, 3.8) is 0 Å². The number of aromatic nitrogens is 2. The molecule has 106 valence electrons. The third-order valence-corrected chi connectivity index (χ3v) is 3.81. The minimum absolute atomic E-state index is 0.238. The zero-order valence-electron chi connectivity index (χ0n) is 11.7. The highest BCUT2D eigenvalue weighted by molar-refractivity contribution is 5.33. The summed E-state index contributed by atoms with van der Waals surface area (Å²) in [6.07, 6.45) is 9.32. The molecule has 5 heteroatoms. The molecule has 5 nitrogen and oxygen atoms in total. The Bertz CT molecular complexity index is 391. The van der Waals surface area contributed by atoms with E-state index < -0.39 is 0 Å². The van der Waals surface area contributed by atoms with E-state index in [1.165, 1.54) is 25.7 Å². The zero-order valence-corrected chi connectivity index (χ0v) is 11.7. The summed E-state index contributed by atoms with van der Waals surface area (Å²) in [4.78, 5) is 8.55. The minimum atomic E-state index is 0.238. The monoisotopic (exact) mass is 264 g/mol. The summed E-state index contributed by atoms with van der Waals surface area (Å²) >= 11 is 0. The number of rotatable bonds is 7.